The lowest BCUT2D eigenvalue weighted by Crippen LogP contribution is -2.35. The van der Waals surface area contributed by atoms with Crippen molar-refractivity contribution >= 4 is 11.8 Å². The topological polar surface area (TPSA) is 90.7 Å². The van der Waals surface area contributed by atoms with Gasteiger partial charge in [-0.2, -0.15) is 0 Å². The molecule has 1 aliphatic rings. The Balaban J connectivity index is 1.56. The van der Waals surface area contributed by atoms with Crippen LogP contribution in [0, 0.1) is 0 Å². The molecule has 0 aliphatic heterocycles. The van der Waals surface area contributed by atoms with Crippen LogP contribution in [0.25, 0.3) is 0 Å². The van der Waals surface area contributed by atoms with E-state index in [2.05, 4.69) is 17.4 Å². The highest BCUT2D eigenvalue weighted by atomic mass is 16.5. The van der Waals surface area contributed by atoms with Crippen molar-refractivity contribution in [1.29, 1.82) is 0 Å². The summed E-state index contributed by atoms with van der Waals surface area (Å²) in [6.45, 7) is 0.391. The van der Waals surface area contributed by atoms with Gasteiger partial charge >= 0.3 is 0 Å². The standard InChI is InChI=1S/C20H22N2O4/c1-25-15-7-8-17(16(11-15)19(21)24)26-12-18(23)22-13-20(9-10-20)14-5-3-2-4-6-14/h2-8,11H,9-10,12-13H2,1H3,(H2,21,24)(H,22,23). The lowest BCUT2D eigenvalue weighted by molar-refractivity contribution is -0.123. The van der Waals surface area contributed by atoms with E-state index in [9.17, 15) is 9.59 Å². The number of methoxy groups -OCH3 is 1. The Bertz CT molecular complexity index is 801. The third-order valence-electron chi connectivity index (χ3n) is 4.67. The van der Waals surface area contributed by atoms with Crippen molar-refractivity contribution in [2.75, 3.05) is 20.3 Å². The van der Waals surface area contributed by atoms with Gasteiger partial charge in [0.05, 0.1) is 12.7 Å². The maximum absolute atomic E-state index is 12.1. The number of hydrogen-bond acceptors (Lipinski definition) is 4. The molecule has 26 heavy (non-hydrogen) atoms. The maximum atomic E-state index is 12.1. The molecule has 0 spiro atoms. The van der Waals surface area contributed by atoms with Crippen LogP contribution in [-0.2, 0) is 10.2 Å². The third kappa shape index (κ3) is 3.96. The number of carbonyl (C=O) groups is 2. The summed E-state index contributed by atoms with van der Waals surface area (Å²) in [5, 5.41) is 2.92. The quantitative estimate of drug-likeness (QED) is 0.759. The zero-order valence-electron chi connectivity index (χ0n) is 14.7. The molecule has 1 saturated carbocycles. The van der Waals surface area contributed by atoms with E-state index in [1.807, 2.05) is 18.2 Å². The number of hydrogen-bond donors (Lipinski definition) is 2. The summed E-state index contributed by atoms with van der Waals surface area (Å²) in [4.78, 5) is 23.7. The van der Waals surface area contributed by atoms with Crippen molar-refractivity contribution < 1.29 is 19.1 Å². The summed E-state index contributed by atoms with van der Waals surface area (Å²) in [5.74, 6) is -0.120. The number of amides is 2. The van der Waals surface area contributed by atoms with Gasteiger partial charge in [0.25, 0.3) is 11.8 Å². The minimum absolute atomic E-state index is 0.0371. The summed E-state index contributed by atoms with van der Waals surface area (Å²) in [5.41, 5.74) is 6.82. The first kappa shape index (κ1) is 17.8. The number of nitrogens with one attached hydrogen (secondary N) is 1. The molecule has 0 atom stereocenters. The van der Waals surface area contributed by atoms with E-state index in [1.165, 1.54) is 18.7 Å². The summed E-state index contributed by atoms with van der Waals surface area (Å²) < 4.78 is 10.6. The Morgan fingerprint density at radius 1 is 1.15 bits per heavy atom. The van der Waals surface area contributed by atoms with E-state index in [4.69, 9.17) is 15.2 Å². The van der Waals surface area contributed by atoms with E-state index in [1.54, 1.807) is 12.1 Å². The van der Waals surface area contributed by atoms with Crippen LogP contribution in [0.2, 0.25) is 0 Å². The molecule has 2 aromatic rings. The molecule has 0 heterocycles. The van der Waals surface area contributed by atoms with Gasteiger partial charge in [0, 0.05) is 12.0 Å². The second-order valence-corrected chi connectivity index (χ2v) is 6.44. The second-order valence-electron chi connectivity index (χ2n) is 6.44. The van der Waals surface area contributed by atoms with Crippen LogP contribution in [0.15, 0.2) is 48.5 Å². The van der Waals surface area contributed by atoms with Crippen molar-refractivity contribution in [2.24, 2.45) is 5.73 Å². The molecule has 0 bridgehead atoms. The van der Waals surface area contributed by atoms with Gasteiger partial charge < -0.3 is 20.5 Å². The van der Waals surface area contributed by atoms with Crippen molar-refractivity contribution in [3.63, 3.8) is 0 Å². The van der Waals surface area contributed by atoms with E-state index in [0.717, 1.165) is 12.8 Å². The van der Waals surface area contributed by atoms with Crippen LogP contribution in [0.3, 0.4) is 0 Å². The Hall–Kier alpha value is -3.02. The van der Waals surface area contributed by atoms with Crippen LogP contribution < -0.4 is 20.5 Å². The van der Waals surface area contributed by atoms with Gasteiger partial charge in [0.15, 0.2) is 6.61 Å². The number of primary amides is 1. The van der Waals surface area contributed by atoms with Gasteiger partial charge in [-0.05, 0) is 36.6 Å². The number of carbonyl (C=O) groups excluding carboxylic acids is 2. The molecule has 0 saturated heterocycles. The first-order chi connectivity index (χ1) is 12.5. The van der Waals surface area contributed by atoms with Crippen LogP contribution >= 0.6 is 0 Å². The van der Waals surface area contributed by atoms with E-state index >= 15 is 0 Å². The first-order valence-corrected chi connectivity index (χ1v) is 8.47. The zero-order chi connectivity index (χ0) is 18.6. The average molecular weight is 354 g/mol. The number of nitrogens with two attached hydrogens (primary N) is 1. The first-order valence-electron chi connectivity index (χ1n) is 8.47. The predicted octanol–water partition coefficient (Wildman–Crippen LogP) is 2.02. The second kappa shape index (κ2) is 7.47. The van der Waals surface area contributed by atoms with Crippen LogP contribution in [0.4, 0.5) is 0 Å². The van der Waals surface area contributed by atoms with Crippen molar-refractivity contribution in [1.82, 2.24) is 5.32 Å². The largest absolute Gasteiger partial charge is 0.497 e. The van der Waals surface area contributed by atoms with Gasteiger partial charge in [-0.15, -0.1) is 0 Å². The zero-order valence-corrected chi connectivity index (χ0v) is 14.7. The molecule has 0 unspecified atom stereocenters. The van der Waals surface area contributed by atoms with E-state index in [-0.39, 0.29) is 29.2 Å². The Labute approximate surface area is 152 Å². The molecule has 0 aromatic heterocycles. The average Bonchev–Trinajstić information content (AvgIpc) is 3.46. The number of ether oxygens (including phenoxy) is 2. The Morgan fingerprint density at radius 2 is 1.88 bits per heavy atom. The number of benzene rings is 2. The highest BCUT2D eigenvalue weighted by Gasteiger charge is 2.44. The molecule has 6 heteroatoms. The van der Waals surface area contributed by atoms with Crippen molar-refractivity contribution in [3.8, 4) is 11.5 Å². The lowest BCUT2D eigenvalue weighted by Gasteiger charge is -2.17. The maximum Gasteiger partial charge on any atom is 0.257 e. The van der Waals surface area contributed by atoms with Crippen LogP contribution in [-0.4, -0.2) is 32.1 Å². The molecule has 1 aliphatic carbocycles. The van der Waals surface area contributed by atoms with Crippen LogP contribution in [0.5, 0.6) is 11.5 Å². The fourth-order valence-corrected chi connectivity index (χ4v) is 2.93. The Morgan fingerprint density at radius 3 is 2.50 bits per heavy atom. The molecule has 3 N–H and O–H groups in total. The van der Waals surface area contributed by atoms with Crippen molar-refractivity contribution in [2.45, 2.75) is 18.3 Å². The summed E-state index contributed by atoms with van der Waals surface area (Å²) in [6.07, 6.45) is 2.12. The summed E-state index contributed by atoms with van der Waals surface area (Å²) in [7, 11) is 1.49. The molecule has 1 fully saturated rings. The molecular formula is C20H22N2O4. The predicted molar refractivity (Wildman–Crippen MR) is 97.4 cm³/mol. The van der Waals surface area contributed by atoms with Gasteiger partial charge in [0.2, 0.25) is 0 Å². The monoisotopic (exact) mass is 354 g/mol. The van der Waals surface area contributed by atoms with Crippen molar-refractivity contribution in [3.05, 3.63) is 59.7 Å². The summed E-state index contributed by atoms with van der Waals surface area (Å²) in [6, 6.07) is 14.9. The number of rotatable bonds is 8. The third-order valence-corrected chi connectivity index (χ3v) is 4.67. The molecule has 2 amide bonds. The minimum Gasteiger partial charge on any atom is -0.497 e. The fraction of sp³-hybridized carbons (Fsp3) is 0.300. The minimum atomic E-state index is -0.639. The SMILES string of the molecule is COc1ccc(OCC(=O)NCC2(c3ccccc3)CC2)c(C(N)=O)c1. The van der Waals surface area contributed by atoms with E-state index in [0.29, 0.717) is 12.3 Å². The van der Waals surface area contributed by atoms with Gasteiger partial charge in [0.1, 0.15) is 11.5 Å². The van der Waals surface area contributed by atoms with Crippen LogP contribution in [0.1, 0.15) is 28.8 Å². The van der Waals surface area contributed by atoms with Gasteiger partial charge in [-0.3, -0.25) is 9.59 Å². The lowest BCUT2D eigenvalue weighted by atomic mass is 9.96. The molecule has 0 radical (unpaired) electrons. The highest BCUT2D eigenvalue weighted by molar-refractivity contribution is 5.96. The highest BCUT2D eigenvalue weighted by Crippen LogP contribution is 2.47. The van der Waals surface area contributed by atoms with Gasteiger partial charge in [-0.1, -0.05) is 30.3 Å². The fourth-order valence-electron chi connectivity index (χ4n) is 2.93. The molecule has 2 aromatic carbocycles. The van der Waals surface area contributed by atoms with E-state index < -0.39 is 5.91 Å². The molecular weight excluding hydrogens is 332 g/mol. The smallest absolute Gasteiger partial charge is 0.257 e. The summed E-state index contributed by atoms with van der Waals surface area (Å²) >= 11 is 0. The molecule has 136 valence electrons. The van der Waals surface area contributed by atoms with Gasteiger partial charge in [-0.25, -0.2) is 0 Å². The molecule has 3 rings (SSSR count). The molecule has 6 nitrogen and oxygen atoms in total. The normalized spacial score (nSPS) is 14.3. The Kier molecular flexibility index (Phi) is 5.11.